The van der Waals surface area contributed by atoms with E-state index in [9.17, 15) is 0 Å². The van der Waals surface area contributed by atoms with Gasteiger partial charge in [-0.15, -0.1) is 0 Å². The fourth-order valence-corrected chi connectivity index (χ4v) is 1.86. The lowest BCUT2D eigenvalue weighted by Gasteiger charge is -2.11. The lowest BCUT2D eigenvalue weighted by atomic mass is 10.1. The van der Waals surface area contributed by atoms with E-state index in [0.29, 0.717) is 0 Å². The molecule has 0 saturated carbocycles. The molecule has 2 aromatic heterocycles. The molecule has 1 aliphatic heterocycles. The molecule has 2 aromatic rings. The average Bonchev–Trinajstić information content (AvgIpc) is 2.56. The summed E-state index contributed by atoms with van der Waals surface area (Å²) in [5.41, 5.74) is 4.53. The molecule has 4 nitrogen and oxygen atoms in total. The van der Waals surface area contributed by atoms with Crippen LogP contribution in [0.15, 0.2) is 12.4 Å². The van der Waals surface area contributed by atoms with Crippen molar-refractivity contribution in [3.05, 3.63) is 23.7 Å². The zero-order chi connectivity index (χ0) is 8.67. The summed E-state index contributed by atoms with van der Waals surface area (Å²) in [7, 11) is 0. The molecule has 0 atom stereocenters. The van der Waals surface area contributed by atoms with Crippen LogP contribution in [0.4, 0.5) is 0 Å². The van der Waals surface area contributed by atoms with Crippen molar-refractivity contribution < 1.29 is 0 Å². The number of hydrogen-bond donors (Lipinski definition) is 2. The highest BCUT2D eigenvalue weighted by molar-refractivity contribution is 5.76. The van der Waals surface area contributed by atoms with Gasteiger partial charge in [0.2, 0.25) is 0 Å². The molecule has 0 fully saturated rings. The third-order valence-electron chi connectivity index (χ3n) is 2.47. The Labute approximate surface area is 75.4 Å². The van der Waals surface area contributed by atoms with E-state index >= 15 is 0 Å². The first kappa shape index (κ1) is 7.03. The third-order valence-corrected chi connectivity index (χ3v) is 2.47. The number of nitrogens with one attached hydrogen (secondary N) is 2. The van der Waals surface area contributed by atoms with Gasteiger partial charge in [-0.1, -0.05) is 0 Å². The minimum Gasteiger partial charge on any atom is -0.340 e. The molecule has 0 radical (unpaired) electrons. The van der Waals surface area contributed by atoms with Gasteiger partial charge in [0.25, 0.3) is 0 Å². The monoisotopic (exact) mass is 174 g/mol. The number of nitrogens with zero attached hydrogens (tertiary/aromatic N) is 2. The Bertz CT molecular complexity index is 446. The summed E-state index contributed by atoms with van der Waals surface area (Å²) < 4.78 is 0. The highest BCUT2D eigenvalue weighted by Crippen LogP contribution is 2.20. The van der Waals surface area contributed by atoms with Gasteiger partial charge in [-0.25, -0.2) is 4.98 Å². The number of fused-ring (bicyclic) bond motifs is 3. The Hall–Kier alpha value is -1.42. The molecular weight excluding hydrogens is 164 g/mol. The summed E-state index contributed by atoms with van der Waals surface area (Å²) in [6.45, 7) is 1.95. The third kappa shape index (κ3) is 0.954. The van der Waals surface area contributed by atoms with Crippen LogP contribution in [0.1, 0.15) is 11.3 Å². The van der Waals surface area contributed by atoms with Crippen molar-refractivity contribution in [2.45, 2.75) is 13.0 Å². The Morgan fingerprint density at radius 2 is 2.15 bits per heavy atom. The molecule has 3 rings (SSSR count). The molecule has 4 heteroatoms. The van der Waals surface area contributed by atoms with Crippen LogP contribution in [0.25, 0.3) is 11.2 Å². The Balaban J connectivity index is 2.34. The molecule has 0 spiro atoms. The maximum absolute atomic E-state index is 4.33. The first-order valence-corrected chi connectivity index (χ1v) is 4.46. The second-order valence-corrected chi connectivity index (χ2v) is 3.26. The van der Waals surface area contributed by atoms with Crippen LogP contribution >= 0.6 is 0 Å². The zero-order valence-corrected chi connectivity index (χ0v) is 7.17. The predicted molar refractivity (Wildman–Crippen MR) is 49.3 cm³/mol. The van der Waals surface area contributed by atoms with Gasteiger partial charge in [-0.05, 0) is 13.0 Å². The molecule has 0 aromatic carbocycles. The van der Waals surface area contributed by atoms with Crippen molar-refractivity contribution in [1.82, 2.24) is 20.3 Å². The summed E-state index contributed by atoms with van der Waals surface area (Å²) in [5, 5.41) is 3.32. The number of aromatic amines is 1. The van der Waals surface area contributed by atoms with Gasteiger partial charge in [0.1, 0.15) is 5.52 Å². The van der Waals surface area contributed by atoms with Crippen LogP contribution in [0.2, 0.25) is 0 Å². The molecule has 2 N–H and O–H groups in total. The first-order valence-electron chi connectivity index (χ1n) is 4.46. The van der Waals surface area contributed by atoms with Crippen LogP contribution < -0.4 is 5.32 Å². The minimum absolute atomic E-state index is 0.910. The Morgan fingerprint density at radius 1 is 1.23 bits per heavy atom. The van der Waals surface area contributed by atoms with E-state index in [1.807, 2.05) is 0 Å². The molecular formula is C9H10N4. The lowest BCUT2D eigenvalue weighted by Crippen LogP contribution is -2.23. The van der Waals surface area contributed by atoms with Gasteiger partial charge < -0.3 is 10.3 Å². The highest BCUT2D eigenvalue weighted by atomic mass is 15.0. The largest absolute Gasteiger partial charge is 0.340 e. The van der Waals surface area contributed by atoms with Crippen molar-refractivity contribution in [2.75, 3.05) is 6.54 Å². The van der Waals surface area contributed by atoms with E-state index in [1.54, 1.807) is 12.4 Å². The number of hydrogen-bond acceptors (Lipinski definition) is 3. The molecule has 66 valence electrons. The van der Waals surface area contributed by atoms with E-state index in [4.69, 9.17) is 0 Å². The molecule has 0 bridgehead atoms. The van der Waals surface area contributed by atoms with E-state index < -0.39 is 0 Å². The second-order valence-electron chi connectivity index (χ2n) is 3.26. The maximum atomic E-state index is 4.33. The van der Waals surface area contributed by atoms with Crippen LogP contribution in [-0.2, 0) is 13.0 Å². The average molecular weight is 174 g/mol. The standard InChI is InChI=1S/C9H10N4/c1-2-10-5-7-6(1)8-9(13-7)12-4-3-11-8/h3-4,10H,1-2,5H2,(H,12,13). The van der Waals surface area contributed by atoms with E-state index in [2.05, 4.69) is 20.3 Å². The first-order chi connectivity index (χ1) is 6.45. The van der Waals surface area contributed by atoms with Crippen molar-refractivity contribution in [3.8, 4) is 0 Å². The Kier molecular flexibility index (Phi) is 1.37. The van der Waals surface area contributed by atoms with Crippen LogP contribution in [0, 0.1) is 0 Å². The van der Waals surface area contributed by atoms with E-state index in [1.165, 1.54) is 11.3 Å². The van der Waals surface area contributed by atoms with E-state index in [-0.39, 0.29) is 0 Å². The normalized spacial score (nSPS) is 16.0. The van der Waals surface area contributed by atoms with Gasteiger partial charge >= 0.3 is 0 Å². The number of rotatable bonds is 0. The predicted octanol–water partition coefficient (Wildman–Crippen LogP) is 0.604. The molecule has 0 saturated heterocycles. The molecule has 0 aliphatic carbocycles. The van der Waals surface area contributed by atoms with Crippen molar-refractivity contribution in [1.29, 1.82) is 0 Å². The Morgan fingerprint density at radius 3 is 3.15 bits per heavy atom. The summed E-state index contributed by atoms with van der Waals surface area (Å²) >= 11 is 0. The van der Waals surface area contributed by atoms with Crippen molar-refractivity contribution in [2.24, 2.45) is 0 Å². The van der Waals surface area contributed by atoms with Crippen LogP contribution in [0.3, 0.4) is 0 Å². The van der Waals surface area contributed by atoms with Crippen LogP contribution in [-0.4, -0.2) is 21.5 Å². The van der Waals surface area contributed by atoms with Gasteiger partial charge in [0.05, 0.1) is 0 Å². The van der Waals surface area contributed by atoms with E-state index in [0.717, 1.165) is 30.7 Å². The van der Waals surface area contributed by atoms with Gasteiger partial charge in [-0.2, -0.15) is 0 Å². The van der Waals surface area contributed by atoms with Crippen molar-refractivity contribution >= 4 is 11.2 Å². The maximum Gasteiger partial charge on any atom is 0.156 e. The fraction of sp³-hybridized carbons (Fsp3) is 0.333. The van der Waals surface area contributed by atoms with Crippen molar-refractivity contribution in [3.63, 3.8) is 0 Å². The van der Waals surface area contributed by atoms with Gasteiger partial charge in [-0.3, -0.25) is 4.98 Å². The molecule has 13 heavy (non-hydrogen) atoms. The molecule has 3 heterocycles. The molecule has 0 amide bonds. The van der Waals surface area contributed by atoms with Crippen LogP contribution in [0.5, 0.6) is 0 Å². The smallest absolute Gasteiger partial charge is 0.156 e. The summed E-state index contributed by atoms with van der Waals surface area (Å²) in [4.78, 5) is 11.9. The topological polar surface area (TPSA) is 53.6 Å². The lowest BCUT2D eigenvalue weighted by molar-refractivity contribution is 0.636. The fourth-order valence-electron chi connectivity index (χ4n) is 1.86. The zero-order valence-electron chi connectivity index (χ0n) is 7.17. The van der Waals surface area contributed by atoms with Gasteiger partial charge in [0, 0.05) is 30.2 Å². The summed E-state index contributed by atoms with van der Waals surface area (Å²) in [6, 6.07) is 0. The molecule has 0 unspecified atom stereocenters. The number of H-pyrrole nitrogens is 1. The number of aromatic nitrogens is 3. The quantitative estimate of drug-likeness (QED) is 0.615. The summed E-state index contributed by atoms with van der Waals surface area (Å²) in [5.74, 6) is 0. The van der Waals surface area contributed by atoms with Gasteiger partial charge in [0.15, 0.2) is 5.65 Å². The SMILES string of the molecule is c1cnc2c3c([nH]c2n1)CNCC3. The highest BCUT2D eigenvalue weighted by Gasteiger charge is 2.15. The molecule has 1 aliphatic rings. The second kappa shape index (κ2) is 2.53. The minimum atomic E-state index is 0.910. The summed E-state index contributed by atoms with van der Waals surface area (Å²) in [6.07, 6.45) is 4.52.